The molecule has 3 aromatic carbocycles. The molecule has 10 nitrogen and oxygen atoms in total. The molecule has 0 heterocycles. The SMILES string of the molecule is CCCNC(=O)C(C)N(Cc1ccc(OC)cc1)C(=O)CN(c1ccc(OC)c(OC)c1)S(=O)(=O)c1ccc(C)cc1. The van der Waals surface area contributed by atoms with Gasteiger partial charge in [0.05, 0.1) is 31.9 Å². The molecule has 3 aromatic rings. The van der Waals surface area contributed by atoms with Crippen LogP contribution in [0.15, 0.2) is 71.6 Å². The third kappa shape index (κ3) is 7.73. The van der Waals surface area contributed by atoms with Crippen LogP contribution in [0.25, 0.3) is 0 Å². The highest BCUT2D eigenvalue weighted by Crippen LogP contribution is 2.34. The number of methoxy groups -OCH3 is 3. The number of nitrogens with one attached hydrogen (secondary N) is 1. The Morgan fingerprint density at radius 2 is 1.52 bits per heavy atom. The van der Waals surface area contributed by atoms with Crippen molar-refractivity contribution < 1.29 is 32.2 Å². The summed E-state index contributed by atoms with van der Waals surface area (Å²) < 4.78 is 45.0. The molecule has 0 bridgehead atoms. The van der Waals surface area contributed by atoms with Crippen molar-refractivity contribution in [3.8, 4) is 17.2 Å². The first-order chi connectivity index (χ1) is 20.0. The molecule has 0 saturated heterocycles. The molecule has 11 heteroatoms. The fraction of sp³-hybridized carbons (Fsp3) is 0.355. The molecule has 1 N–H and O–H groups in total. The van der Waals surface area contributed by atoms with Gasteiger partial charge in [0.25, 0.3) is 10.0 Å². The number of hydrogen-bond donors (Lipinski definition) is 1. The maximum absolute atomic E-state index is 14.0. The Kier molecular flexibility index (Phi) is 11.2. The van der Waals surface area contributed by atoms with Crippen LogP contribution in [0, 0.1) is 6.92 Å². The van der Waals surface area contributed by atoms with Crippen molar-refractivity contribution in [1.82, 2.24) is 10.2 Å². The van der Waals surface area contributed by atoms with Gasteiger partial charge in [-0.1, -0.05) is 36.8 Å². The van der Waals surface area contributed by atoms with Gasteiger partial charge in [0.2, 0.25) is 11.8 Å². The maximum atomic E-state index is 14.0. The van der Waals surface area contributed by atoms with E-state index in [1.165, 1.54) is 37.3 Å². The lowest BCUT2D eigenvalue weighted by Gasteiger charge is -2.32. The quantitative estimate of drug-likeness (QED) is 0.297. The van der Waals surface area contributed by atoms with Crippen LogP contribution in [-0.2, 0) is 26.2 Å². The van der Waals surface area contributed by atoms with Crippen molar-refractivity contribution >= 4 is 27.5 Å². The molecule has 1 atom stereocenters. The minimum absolute atomic E-state index is 0.0196. The van der Waals surface area contributed by atoms with Gasteiger partial charge in [0.15, 0.2) is 11.5 Å². The molecular weight excluding hydrogens is 558 g/mol. The van der Waals surface area contributed by atoms with Crippen molar-refractivity contribution in [2.24, 2.45) is 0 Å². The molecule has 0 aliphatic rings. The molecule has 226 valence electrons. The molecule has 0 aliphatic carbocycles. The lowest BCUT2D eigenvalue weighted by atomic mass is 10.1. The van der Waals surface area contributed by atoms with E-state index in [-0.39, 0.29) is 23.0 Å². The number of amides is 2. The van der Waals surface area contributed by atoms with Gasteiger partial charge in [-0.15, -0.1) is 0 Å². The molecule has 42 heavy (non-hydrogen) atoms. The molecule has 0 aliphatic heterocycles. The van der Waals surface area contributed by atoms with E-state index >= 15 is 0 Å². The van der Waals surface area contributed by atoms with E-state index in [2.05, 4.69) is 5.32 Å². The Labute approximate surface area is 248 Å². The number of anilines is 1. The number of nitrogens with zero attached hydrogens (tertiary/aromatic N) is 2. The van der Waals surface area contributed by atoms with Crippen molar-refractivity contribution in [3.05, 3.63) is 77.9 Å². The number of carbonyl (C=O) groups excluding carboxylic acids is 2. The molecule has 3 rings (SSSR count). The van der Waals surface area contributed by atoms with Crippen LogP contribution in [0.3, 0.4) is 0 Å². The first kappa shape index (κ1) is 32.3. The number of carbonyl (C=O) groups is 2. The summed E-state index contributed by atoms with van der Waals surface area (Å²) >= 11 is 0. The van der Waals surface area contributed by atoms with E-state index in [9.17, 15) is 18.0 Å². The molecule has 0 saturated carbocycles. The summed E-state index contributed by atoms with van der Waals surface area (Å²) in [5.41, 5.74) is 1.84. The Balaban J connectivity index is 2.07. The summed E-state index contributed by atoms with van der Waals surface area (Å²) in [6.45, 7) is 5.38. The summed E-state index contributed by atoms with van der Waals surface area (Å²) in [7, 11) is 0.263. The molecule has 0 spiro atoms. The van der Waals surface area contributed by atoms with Crippen LogP contribution in [-0.4, -0.2) is 65.6 Å². The van der Waals surface area contributed by atoms with Crippen LogP contribution in [0.1, 0.15) is 31.4 Å². The van der Waals surface area contributed by atoms with Gasteiger partial charge < -0.3 is 24.4 Å². The molecule has 2 amide bonds. The molecule has 0 fully saturated rings. The zero-order valence-corrected chi connectivity index (χ0v) is 25.7. The van der Waals surface area contributed by atoms with E-state index in [4.69, 9.17) is 14.2 Å². The summed E-state index contributed by atoms with van der Waals surface area (Å²) in [6, 6.07) is 17.2. The summed E-state index contributed by atoms with van der Waals surface area (Å²) in [5, 5.41) is 2.83. The Bertz CT molecular complexity index is 1460. The summed E-state index contributed by atoms with van der Waals surface area (Å²) in [5.74, 6) is 0.457. The standard InChI is InChI=1S/C31H39N3O7S/c1-7-18-32-31(36)23(3)33(20-24-10-13-26(39-4)14-11-24)30(35)21-34(25-12-17-28(40-5)29(19-25)41-6)42(37,38)27-15-8-22(2)9-16-27/h8-17,19,23H,7,18,20-21H2,1-6H3,(H,32,36). The highest BCUT2D eigenvalue weighted by atomic mass is 32.2. The second kappa shape index (κ2) is 14.6. The second-order valence-electron chi connectivity index (χ2n) is 9.70. The topological polar surface area (TPSA) is 114 Å². The fourth-order valence-electron chi connectivity index (χ4n) is 4.25. The van der Waals surface area contributed by atoms with Crippen LogP contribution in [0.5, 0.6) is 17.2 Å². The number of hydrogen-bond acceptors (Lipinski definition) is 7. The van der Waals surface area contributed by atoms with E-state index in [0.717, 1.165) is 21.9 Å². The smallest absolute Gasteiger partial charge is 0.264 e. The Morgan fingerprint density at radius 3 is 2.10 bits per heavy atom. The Hall–Kier alpha value is -4.25. The van der Waals surface area contributed by atoms with Gasteiger partial charge >= 0.3 is 0 Å². The average Bonchev–Trinajstić information content (AvgIpc) is 3.00. The van der Waals surface area contributed by atoms with E-state index < -0.39 is 28.5 Å². The highest BCUT2D eigenvalue weighted by molar-refractivity contribution is 7.92. The summed E-state index contributed by atoms with van der Waals surface area (Å²) in [4.78, 5) is 28.5. The molecular formula is C31H39N3O7S. The van der Waals surface area contributed by atoms with Crippen molar-refractivity contribution in [2.75, 3.05) is 38.7 Å². The monoisotopic (exact) mass is 597 g/mol. The minimum atomic E-state index is -4.21. The lowest BCUT2D eigenvalue weighted by Crippen LogP contribution is -2.51. The van der Waals surface area contributed by atoms with Gasteiger partial charge in [0.1, 0.15) is 18.3 Å². The number of ether oxygens (including phenoxy) is 3. The van der Waals surface area contributed by atoms with Crippen LogP contribution < -0.4 is 23.8 Å². The largest absolute Gasteiger partial charge is 0.497 e. The third-order valence-corrected chi connectivity index (χ3v) is 8.56. The lowest BCUT2D eigenvalue weighted by molar-refractivity contribution is -0.139. The van der Waals surface area contributed by atoms with Crippen LogP contribution in [0.2, 0.25) is 0 Å². The highest BCUT2D eigenvalue weighted by Gasteiger charge is 2.33. The maximum Gasteiger partial charge on any atom is 0.264 e. The first-order valence-electron chi connectivity index (χ1n) is 13.6. The molecule has 0 aromatic heterocycles. The molecule has 1 unspecified atom stereocenters. The fourth-order valence-corrected chi connectivity index (χ4v) is 5.66. The second-order valence-corrected chi connectivity index (χ2v) is 11.6. The number of sulfonamides is 1. The first-order valence-corrected chi connectivity index (χ1v) is 15.0. The van der Waals surface area contributed by atoms with Gasteiger partial charge in [-0.2, -0.15) is 0 Å². The zero-order valence-electron chi connectivity index (χ0n) is 24.9. The normalized spacial score (nSPS) is 11.8. The van der Waals surface area contributed by atoms with Gasteiger partial charge in [0, 0.05) is 19.2 Å². The van der Waals surface area contributed by atoms with Crippen LogP contribution >= 0.6 is 0 Å². The van der Waals surface area contributed by atoms with Crippen molar-refractivity contribution in [3.63, 3.8) is 0 Å². The van der Waals surface area contributed by atoms with Gasteiger partial charge in [-0.05, 0) is 62.2 Å². The average molecular weight is 598 g/mol. The van der Waals surface area contributed by atoms with Gasteiger partial charge in [-0.3, -0.25) is 13.9 Å². The van der Waals surface area contributed by atoms with Crippen molar-refractivity contribution in [1.29, 1.82) is 0 Å². The number of rotatable bonds is 14. The number of aryl methyl sites for hydroxylation is 1. The van der Waals surface area contributed by atoms with Crippen LogP contribution in [0.4, 0.5) is 5.69 Å². The third-order valence-electron chi connectivity index (χ3n) is 6.77. The van der Waals surface area contributed by atoms with E-state index in [1.54, 1.807) is 62.6 Å². The van der Waals surface area contributed by atoms with Crippen molar-refractivity contribution in [2.45, 2.75) is 44.7 Å². The predicted octanol–water partition coefficient (Wildman–Crippen LogP) is 4.16. The predicted molar refractivity (Wildman–Crippen MR) is 162 cm³/mol. The van der Waals surface area contributed by atoms with E-state index in [0.29, 0.717) is 23.8 Å². The molecule has 0 radical (unpaired) electrons. The van der Waals surface area contributed by atoms with E-state index in [1.807, 2.05) is 13.8 Å². The summed E-state index contributed by atoms with van der Waals surface area (Å²) in [6.07, 6.45) is 0.729. The minimum Gasteiger partial charge on any atom is -0.497 e. The zero-order chi connectivity index (χ0) is 30.9. The number of benzene rings is 3. The van der Waals surface area contributed by atoms with Gasteiger partial charge in [-0.25, -0.2) is 8.42 Å². The Morgan fingerprint density at radius 1 is 0.881 bits per heavy atom.